The summed E-state index contributed by atoms with van der Waals surface area (Å²) in [5.74, 6) is -4.35. The number of nitrogens with one attached hydrogen (secondary N) is 1. The number of aliphatic hydroxyl groups excluding tert-OH is 2. The van der Waals surface area contributed by atoms with Gasteiger partial charge in [0.25, 0.3) is 5.91 Å². The van der Waals surface area contributed by atoms with Gasteiger partial charge in [-0.3, -0.25) is 19.2 Å². The van der Waals surface area contributed by atoms with Crippen molar-refractivity contribution in [2.24, 2.45) is 5.73 Å². The summed E-state index contributed by atoms with van der Waals surface area (Å²) in [6.07, 6.45) is 0.146. The zero-order valence-corrected chi connectivity index (χ0v) is 29.9. The second kappa shape index (κ2) is 17.0. The minimum Gasteiger partial charge on any atom is -0.507 e. The number of nitrogens with zero attached hydrogens (tertiary/aromatic N) is 3. The van der Waals surface area contributed by atoms with Crippen molar-refractivity contribution in [1.82, 2.24) is 14.9 Å². The number of methoxy groups -OCH3 is 1. The summed E-state index contributed by atoms with van der Waals surface area (Å²) in [5, 5.41) is 64.8. The molecule has 1 aromatic heterocycles. The van der Waals surface area contributed by atoms with Gasteiger partial charge in [0.2, 0.25) is 5.78 Å². The fourth-order valence-electron chi connectivity index (χ4n) is 6.81. The van der Waals surface area contributed by atoms with Gasteiger partial charge in [0.05, 0.1) is 42.6 Å². The molecule has 1 fully saturated rings. The number of aromatic hydroxyl groups is 2. The molecule has 6 rings (SSSR count). The Morgan fingerprint density at radius 3 is 2.48 bits per heavy atom. The number of fused-ring (bicyclic) bond motifs is 3. The Bertz CT molecular complexity index is 1940. The molecule has 2 aromatic carbocycles. The maximum absolute atomic E-state index is 13.6. The van der Waals surface area contributed by atoms with E-state index in [0.717, 1.165) is 4.57 Å². The monoisotopic (exact) mass is 777 g/mol. The molecule has 0 bridgehead atoms. The number of amides is 1. The number of ether oxygens (including phenoxy) is 3. The van der Waals surface area contributed by atoms with Crippen LogP contribution < -0.4 is 15.8 Å². The van der Waals surface area contributed by atoms with Crippen LogP contribution in [0.2, 0.25) is 0 Å². The summed E-state index contributed by atoms with van der Waals surface area (Å²) in [6.45, 7) is 0.600. The minimum atomic E-state index is -2.18. The van der Waals surface area contributed by atoms with E-state index >= 15 is 0 Å². The van der Waals surface area contributed by atoms with Crippen molar-refractivity contribution >= 4 is 41.6 Å². The lowest BCUT2D eigenvalue weighted by atomic mass is 9.72. The van der Waals surface area contributed by atoms with E-state index in [2.05, 4.69) is 10.3 Å². The highest BCUT2D eigenvalue weighted by Gasteiger charge is 2.50. The molecule has 0 saturated carbocycles. The van der Waals surface area contributed by atoms with Crippen LogP contribution in [0, 0.1) is 10.1 Å². The number of carbonyl (C=O) groups is 4. The van der Waals surface area contributed by atoms with Crippen molar-refractivity contribution in [2.45, 2.75) is 69.3 Å². The van der Waals surface area contributed by atoms with Gasteiger partial charge in [-0.15, -0.1) is 12.4 Å². The zero-order valence-electron chi connectivity index (χ0n) is 29.1. The van der Waals surface area contributed by atoms with Crippen LogP contribution >= 0.6 is 12.4 Å². The highest BCUT2D eigenvalue weighted by Crippen LogP contribution is 2.52. The Morgan fingerprint density at radius 2 is 1.85 bits per heavy atom. The van der Waals surface area contributed by atoms with Gasteiger partial charge in [0, 0.05) is 48.5 Å². The van der Waals surface area contributed by atoms with E-state index in [1.165, 1.54) is 37.7 Å². The van der Waals surface area contributed by atoms with E-state index in [0.29, 0.717) is 6.42 Å². The number of carbonyl (C=O) groups excluding carboxylic acids is 4. The molecule has 0 radical (unpaired) electrons. The average Bonchev–Trinajstić information content (AvgIpc) is 3.58. The second-order valence-corrected chi connectivity index (χ2v) is 12.8. The van der Waals surface area contributed by atoms with Crippen molar-refractivity contribution in [2.75, 3.05) is 26.9 Å². The number of benzene rings is 2. The Hall–Kier alpha value is -5.02. The SMILES string of the molecule is COc1cccc2c1C(=O)c1c(O)c3c(c(O)c1C2=O)C[C@@](O)(C(=O)CO)C[C@@H]3O[C@H]1C[C@H](N)C[C@H](C)O1.Cl.O=C(Cn1ccnc1[N+](=O)[O-])NCCO. The van der Waals surface area contributed by atoms with E-state index < -0.39 is 88.2 Å². The first-order valence-electron chi connectivity index (χ1n) is 16.5. The van der Waals surface area contributed by atoms with Crippen molar-refractivity contribution in [3.05, 3.63) is 74.1 Å². The van der Waals surface area contributed by atoms with Crippen molar-refractivity contribution < 1.29 is 63.8 Å². The van der Waals surface area contributed by atoms with E-state index in [1.807, 2.05) is 6.92 Å². The summed E-state index contributed by atoms with van der Waals surface area (Å²) in [6, 6.07) is 4.17. The third-order valence-electron chi connectivity index (χ3n) is 9.17. The maximum atomic E-state index is 13.6. The van der Waals surface area contributed by atoms with Gasteiger partial charge in [-0.25, -0.2) is 4.57 Å². The van der Waals surface area contributed by atoms with Crippen molar-refractivity contribution in [3.63, 3.8) is 0 Å². The Balaban J connectivity index is 0.000000343. The standard InChI is InChI=1S/C27H29NO10.C7H10N4O4.ClH/c1-11-6-12(28)7-18(37-11)38-16-9-27(35,17(30)10-29)8-14-20(16)26(34)22-21(24(14)32)23(31)13-4-3-5-15(36-2)19(13)25(22)33;12-4-2-8-6(13)5-10-3-1-9-7(10)11(14)15;/h3-5,11-12,16,18,29,32,34-35H,6-10,28H2,1-2H3;1,3,12H,2,4-5H2,(H,8,13);1H/t11-,12+,16-,18-,27-;;/m0../s1. The Kier molecular flexibility index (Phi) is 13.1. The number of halogens is 1. The van der Waals surface area contributed by atoms with Gasteiger partial charge in [-0.05, 0) is 24.3 Å². The second-order valence-electron chi connectivity index (χ2n) is 12.8. The number of ketones is 3. The predicted molar refractivity (Wildman–Crippen MR) is 187 cm³/mol. The lowest BCUT2D eigenvalue weighted by molar-refractivity contribution is -0.396. The molecule has 2 heterocycles. The van der Waals surface area contributed by atoms with Gasteiger partial charge < -0.3 is 60.9 Å². The number of nitrogens with two attached hydrogens (primary N) is 1. The number of rotatable bonds is 10. The number of hydrogen-bond acceptors (Lipinski definition) is 16. The molecule has 20 heteroatoms. The summed E-state index contributed by atoms with van der Waals surface area (Å²) in [7, 11) is 1.34. The fraction of sp³-hybridized carbons (Fsp3) is 0.441. The molecule has 2 aliphatic carbocycles. The molecule has 54 heavy (non-hydrogen) atoms. The third-order valence-corrected chi connectivity index (χ3v) is 9.17. The first-order chi connectivity index (χ1) is 25.1. The molecule has 1 saturated heterocycles. The minimum absolute atomic E-state index is 0. The molecule has 1 amide bonds. The van der Waals surface area contributed by atoms with Crippen LogP contribution in [-0.4, -0.2) is 114 Å². The summed E-state index contributed by atoms with van der Waals surface area (Å²) < 4.78 is 18.3. The zero-order chi connectivity index (χ0) is 38.8. The van der Waals surface area contributed by atoms with Crippen LogP contribution in [0.25, 0.3) is 0 Å². The average molecular weight is 778 g/mol. The van der Waals surface area contributed by atoms with E-state index in [-0.39, 0.29) is 84.6 Å². The number of aliphatic hydroxyl groups is 3. The lowest BCUT2D eigenvalue weighted by Crippen LogP contribution is -2.48. The van der Waals surface area contributed by atoms with Gasteiger partial charge in [-0.1, -0.05) is 17.1 Å². The van der Waals surface area contributed by atoms with Crippen LogP contribution in [0.15, 0.2) is 30.6 Å². The topological polar surface area (TPSA) is 296 Å². The van der Waals surface area contributed by atoms with Gasteiger partial charge in [-0.2, -0.15) is 0 Å². The number of phenols is 2. The van der Waals surface area contributed by atoms with Crippen LogP contribution in [-0.2, 0) is 32.0 Å². The van der Waals surface area contributed by atoms with Crippen LogP contribution in [0.3, 0.4) is 0 Å². The number of hydrogen-bond donors (Lipinski definition) is 7. The summed E-state index contributed by atoms with van der Waals surface area (Å²) in [4.78, 5) is 64.1. The number of nitro groups is 1. The molecule has 0 unspecified atom stereocenters. The normalized spacial score (nSPS) is 22.7. The number of aromatic nitrogens is 2. The van der Waals surface area contributed by atoms with Crippen molar-refractivity contribution in [1.29, 1.82) is 0 Å². The molecule has 19 nitrogen and oxygen atoms in total. The third kappa shape index (κ3) is 8.06. The lowest BCUT2D eigenvalue weighted by Gasteiger charge is -2.41. The largest absolute Gasteiger partial charge is 0.507 e. The first-order valence-corrected chi connectivity index (χ1v) is 16.5. The molecule has 3 aromatic rings. The van der Waals surface area contributed by atoms with Gasteiger partial charge in [0.15, 0.2) is 24.4 Å². The van der Waals surface area contributed by atoms with Gasteiger partial charge in [0.1, 0.15) is 41.9 Å². The predicted octanol–water partition coefficient (Wildman–Crippen LogP) is 0.352. The van der Waals surface area contributed by atoms with Crippen LogP contribution in [0.1, 0.15) is 75.3 Å². The highest BCUT2D eigenvalue weighted by molar-refractivity contribution is 6.31. The Labute approximate surface area is 313 Å². The maximum Gasteiger partial charge on any atom is 0.435 e. The fourth-order valence-corrected chi connectivity index (χ4v) is 6.81. The smallest absolute Gasteiger partial charge is 0.435 e. The first kappa shape index (κ1) is 41.7. The molecule has 3 aliphatic rings. The van der Waals surface area contributed by atoms with E-state index in [4.69, 9.17) is 25.1 Å². The summed E-state index contributed by atoms with van der Waals surface area (Å²) in [5.41, 5.74) is 2.78. The number of imidazole rings is 1. The Morgan fingerprint density at radius 1 is 1.15 bits per heavy atom. The molecule has 1 aliphatic heterocycles. The highest BCUT2D eigenvalue weighted by atomic mass is 35.5. The molecular weight excluding hydrogens is 738 g/mol. The number of phenolic OH excluding ortho intramolecular Hbond substituents is 2. The molecular formula is C34H40ClN5O14. The quantitative estimate of drug-likeness (QED) is 0.0649. The molecule has 5 atom stereocenters. The number of Topliss-reactive ketones (excluding diaryl/α,β-unsaturated/α-hetero) is 1. The summed E-state index contributed by atoms with van der Waals surface area (Å²) >= 11 is 0. The molecule has 0 spiro atoms. The van der Waals surface area contributed by atoms with E-state index in [1.54, 1.807) is 0 Å². The van der Waals surface area contributed by atoms with Crippen LogP contribution in [0.4, 0.5) is 5.95 Å². The van der Waals surface area contributed by atoms with Crippen LogP contribution in [0.5, 0.6) is 17.2 Å². The molecule has 8 N–H and O–H groups in total. The van der Waals surface area contributed by atoms with Gasteiger partial charge >= 0.3 is 5.95 Å². The van der Waals surface area contributed by atoms with E-state index in [9.17, 15) is 49.7 Å². The molecule has 292 valence electrons. The van der Waals surface area contributed by atoms with Crippen molar-refractivity contribution in [3.8, 4) is 17.2 Å².